The van der Waals surface area contributed by atoms with Crippen LogP contribution in [0.5, 0.6) is 5.75 Å². The molecule has 2 aromatic carbocycles. The summed E-state index contributed by atoms with van der Waals surface area (Å²) in [5.41, 5.74) is 3.08. The number of hydrogen-bond donors (Lipinski definition) is 1. The molecule has 0 spiro atoms. The lowest BCUT2D eigenvalue weighted by Gasteiger charge is -2.19. The molecular formula is C20H26N2O4S. The van der Waals surface area contributed by atoms with Gasteiger partial charge in [0.05, 0.1) is 4.90 Å². The summed E-state index contributed by atoms with van der Waals surface area (Å²) in [5.74, 6) is 0.257. The third-order valence-electron chi connectivity index (χ3n) is 4.35. The van der Waals surface area contributed by atoms with E-state index in [-0.39, 0.29) is 10.8 Å². The first kappa shape index (κ1) is 20.9. The maximum atomic E-state index is 12.6. The minimum absolute atomic E-state index is 0.137. The lowest BCUT2D eigenvalue weighted by molar-refractivity contribution is -0.122. The van der Waals surface area contributed by atoms with Crippen LogP contribution in [0.25, 0.3) is 0 Å². The Morgan fingerprint density at radius 1 is 1.11 bits per heavy atom. The second-order valence-electron chi connectivity index (χ2n) is 6.77. The first-order valence-electron chi connectivity index (χ1n) is 8.60. The molecule has 0 aromatic heterocycles. The average molecular weight is 391 g/mol. The van der Waals surface area contributed by atoms with E-state index in [2.05, 4.69) is 5.32 Å². The lowest BCUT2D eigenvalue weighted by atomic mass is 10.1. The Kier molecular flexibility index (Phi) is 6.28. The Morgan fingerprint density at radius 3 is 2.37 bits per heavy atom. The molecule has 27 heavy (non-hydrogen) atoms. The van der Waals surface area contributed by atoms with Crippen molar-refractivity contribution in [3.8, 4) is 5.75 Å². The maximum absolute atomic E-state index is 12.6. The lowest BCUT2D eigenvalue weighted by Crippen LogP contribution is -2.30. The molecule has 0 aliphatic carbocycles. The molecule has 6 nitrogen and oxygen atoms in total. The number of nitrogens with zero attached hydrogens (tertiary/aromatic N) is 1. The molecule has 0 radical (unpaired) electrons. The fraction of sp³-hybridized carbons (Fsp3) is 0.350. The Bertz CT molecular complexity index is 952. The van der Waals surface area contributed by atoms with Gasteiger partial charge in [0.2, 0.25) is 10.0 Å². The van der Waals surface area contributed by atoms with Crippen molar-refractivity contribution in [2.45, 2.75) is 38.7 Å². The van der Waals surface area contributed by atoms with E-state index in [0.29, 0.717) is 11.4 Å². The highest BCUT2D eigenvalue weighted by Gasteiger charge is 2.21. The summed E-state index contributed by atoms with van der Waals surface area (Å²) in [4.78, 5) is 12.7. The zero-order valence-corrected chi connectivity index (χ0v) is 17.3. The van der Waals surface area contributed by atoms with E-state index in [9.17, 15) is 13.2 Å². The SMILES string of the molecule is Cc1cccc(O[C@H](C)C(=O)Nc2cc(S(=O)(=O)N(C)C)cc(C)c2C)c1. The van der Waals surface area contributed by atoms with Crippen LogP contribution in [0.1, 0.15) is 23.6 Å². The zero-order valence-electron chi connectivity index (χ0n) is 16.5. The summed E-state index contributed by atoms with van der Waals surface area (Å²) >= 11 is 0. The van der Waals surface area contributed by atoms with Gasteiger partial charge in [0, 0.05) is 19.8 Å². The summed E-state index contributed by atoms with van der Waals surface area (Å²) in [6, 6.07) is 10.5. The van der Waals surface area contributed by atoms with Crippen molar-refractivity contribution < 1.29 is 17.9 Å². The van der Waals surface area contributed by atoms with E-state index < -0.39 is 16.1 Å². The molecule has 0 saturated heterocycles. The highest BCUT2D eigenvalue weighted by Crippen LogP contribution is 2.26. The molecule has 0 aliphatic rings. The number of anilines is 1. The van der Waals surface area contributed by atoms with E-state index in [4.69, 9.17) is 4.74 Å². The Hall–Kier alpha value is -2.38. The molecule has 1 amide bonds. The Balaban J connectivity index is 2.25. The summed E-state index contributed by atoms with van der Waals surface area (Å²) in [6.07, 6.45) is -0.736. The molecule has 0 bridgehead atoms. The van der Waals surface area contributed by atoms with Crippen molar-refractivity contribution in [1.82, 2.24) is 4.31 Å². The number of nitrogens with one attached hydrogen (secondary N) is 1. The maximum Gasteiger partial charge on any atom is 0.265 e. The Morgan fingerprint density at radius 2 is 1.78 bits per heavy atom. The van der Waals surface area contributed by atoms with E-state index in [1.165, 1.54) is 20.2 Å². The highest BCUT2D eigenvalue weighted by molar-refractivity contribution is 7.89. The van der Waals surface area contributed by atoms with E-state index in [0.717, 1.165) is 21.0 Å². The van der Waals surface area contributed by atoms with Gasteiger partial charge in [-0.2, -0.15) is 0 Å². The van der Waals surface area contributed by atoms with Crippen LogP contribution in [0.3, 0.4) is 0 Å². The predicted octanol–water partition coefficient (Wildman–Crippen LogP) is 3.27. The largest absolute Gasteiger partial charge is 0.481 e. The van der Waals surface area contributed by atoms with Gasteiger partial charge >= 0.3 is 0 Å². The van der Waals surface area contributed by atoms with E-state index in [1.54, 1.807) is 19.1 Å². The quantitative estimate of drug-likeness (QED) is 0.821. The standard InChI is InChI=1S/C20H26N2O4S/c1-13-8-7-9-17(10-13)26-16(4)20(23)21-19-12-18(11-14(2)15(19)3)27(24,25)22(5)6/h7-12,16H,1-6H3,(H,21,23)/t16-/m1/s1. The topological polar surface area (TPSA) is 75.7 Å². The fourth-order valence-corrected chi connectivity index (χ4v) is 3.51. The molecular weight excluding hydrogens is 364 g/mol. The van der Waals surface area contributed by atoms with Gasteiger partial charge in [-0.05, 0) is 68.7 Å². The van der Waals surface area contributed by atoms with Crippen LogP contribution >= 0.6 is 0 Å². The number of benzene rings is 2. The molecule has 0 aliphatic heterocycles. The molecule has 146 valence electrons. The first-order valence-corrected chi connectivity index (χ1v) is 10.0. The number of amides is 1. The molecule has 1 atom stereocenters. The molecule has 1 N–H and O–H groups in total. The van der Waals surface area contributed by atoms with Crippen LogP contribution in [-0.4, -0.2) is 38.8 Å². The smallest absolute Gasteiger partial charge is 0.265 e. The molecule has 2 aromatic rings. The third-order valence-corrected chi connectivity index (χ3v) is 6.14. The number of hydrogen-bond acceptors (Lipinski definition) is 4. The highest BCUT2D eigenvalue weighted by atomic mass is 32.2. The van der Waals surface area contributed by atoms with Crippen LogP contribution in [0.4, 0.5) is 5.69 Å². The summed E-state index contributed by atoms with van der Waals surface area (Å²) < 4.78 is 31.7. The fourth-order valence-electron chi connectivity index (χ4n) is 2.50. The number of carbonyl (C=O) groups is 1. The molecule has 0 saturated carbocycles. The van der Waals surface area contributed by atoms with Crippen molar-refractivity contribution in [2.75, 3.05) is 19.4 Å². The normalized spacial score (nSPS) is 12.7. The summed E-state index contributed by atoms with van der Waals surface area (Å²) in [6.45, 7) is 7.25. The van der Waals surface area contributed by atoms with Crippen molar-refractivity contribution in [3.63, 3.8) is 0 Å². The van der Waals surface area contributed by atoms with Crippen LogP contribution < -0.4 is 10.1 Å². The van der Waals surface area contributed by atoms with Gasteiger partial charge in [-0.15, -0.1) is 0 Å². The van der Waals surface area contributed by atoms with Crippen LogP contribution in [-0.2, 0) is 14.8 Å². The van der Waals surface area contributed by atoms with Gasteiger partial charge < -0.3 is 10.1 Å². The van der Waals surface area contributed by atoms with Gasteiger partial charge in [0.15, 0.2) is 6.10 Å². The molecule has 0 unspecified atom stereocenters. The Labute approximate surface area is 161 Å². The number of ether oxygens (including phenoxy) is 1. The van der Waals surface area contributed by atoms with Crippen LogP contribution in [0, 0.1) is 20.8 Å². The average Bonchev–Trinajstić information content (AvgIpc) is 2.58. The minimum Gasteiger partial charge on any atom is -0.481 e. The van der Waals surface area contributed by atoms with Gasteiger partial charge in [0.25, 0.3) is 5.91 Å². The molecule has 0 fully saturated rings. The first-order chi connectivity index (χ1) is 12.5. The van der Waals surface area contributed by atoms with Crippen molar-refractivity contribution in [1.29, 1.82) is 0 Å². The second kappa shape index (κ2) is 8.10. The summed E-state index contributed by atoms with van der Waals surface area (Å²) in [5, 5.41) is 2.79. The minimum atomic E-state index is -3.60. The number of rotatable bonds is 6. The number of aryl methyl sites for hydroxylation is 2. The van der Waals surface area contributed by atoms with Crippen molar-refractivity contribution in [2.24, 2.45) is 0 Å². The van der Waals surface area contributed by atoms with Crippen LogP contribution in [0.2, 0.25) is 0 Å². The van der Waals surface area contributed by atoms with Gasteiger partial charge in [-0.25, -0.2) is 12.7 Å². The molecule has 7 heteroatoms. The van der Waals surface area contributed by atoms with Crippen LogP contribution in [0.15, 0.2) is 41.3 Å². The predicted molar refractivity (Wildman–Crippen MR) is 107 cm³/mol. The third kappa shape index (κ3) is 4.87. The molecule has 2 rings (SSSR count). The summed E-state index contributed by atoms with van der Waals surface area (Å²) in [7, 11) is -0.652. The van der Waals surface area contributed by atoms with Gasteiger partial charge in [-0.3, -0.25) is 4.79 Å². The van der Waals surface area contributed by atoms with Gasteiger partial charge in [-0.1, -0.05) is 12.1 Å². The van der Waals surface area contributed by atoms with E-state index >= 15 is 0 Å². The second-order valence-corrected chi connectivity index (χ2v) is 8.92. The van der Waals surface area contributed by atoms with Crippen molar-refractivity contribution >= 4 is 21.6 Å². The van der Waals surface area contributed by atoms with E-state index in [1.807, 2.05) is 39.0 Å². The van der Waals surface area contributed by atoms with Gasteiger partial charge in [0.1, 0.15) is 5.75 Å². The molecule has 0 heterocycles. The monoisotopic (exact) mass is 390 g/mol. The number of sulfonamides is 1. The van der Waals surface area contributed by atoms with Crippen molar-refractivity contribution in [3.05, 3.63) is 53.1 Å². The zero-order chi connectivity index (χ0) is 20.4. The number of carbonyl (C=O) groups excluding carboxylic acids is 1.